The fraction of sp³-hybridized carbons (Fsp3) is 0.276. The molecule has 1 saturated heterocycles. The lowest BCUT2D eigenvalue weighted by molar-refractivity contribution is 0.0449. The first-order valence-electron chi connectivity index (χ1n) is 12.8. The molecule has 2 aromatic heterocycles. The van der Waals surface area contributed by atoms with Crippen LogP contribution in [0.3, 0.4) is 0 Å². The van der Waals surface area contributed by atoms with Gasteiger partial charge in [0, 0.05) is 46.1 Å². The summed E-state index contributed by atoms with van der Waals surface area (Å²) in [6, 6.07) is 14.9. The third kappa shape index (κ3) is 5.18. The number of amidine groups is 1. The molecule has 2 aromatic carbocycles. The molecule has 2 aliphatic rings. The van der Waals surface area contributed by atoms with Crippen molar-refractivity contribution in [2.24, 2.45) is 4.99 Å². The standard InChI is InChI=1S/C29H25ClF3N5OS/c30-21-15-19(31)8-9-20(21)25-24(22-10-13-38(36-22)28(32)33)23-16-29(39,11-4-7-18-5-2-1-3-6-18)17-37(23)26(35-25)27-34-12-14-40-27/h1-3,5-6,8-10,12-15,25,28,39H,4,7,11,16-17H2/t25-,29-/m0/s1. The largest absolute Gasteiger partial charge is 0.388 e. The van der Waals surface area contributed by atoms with E-state index >= 15 is 0 Å². The molecule has 206 valence electrons. The second kappa shape index (κ2) is 10.8. The Labute approximate surface area is 238 Å². The van der Waals surface area contributed by atoms with Gasteiger partial charge in [-0.1, -0.05) is 48.0 Å². The van der Waals surface area contributed by atoms with Gasteiger partial charge >= 0.3 is 6.55 Å². The highest BCUT2D eigenvalue weighted by molar-refractivity contribution is 7.11. The van der Waals surface area contributed by atoms with Crippen LogP contribution in [0.5, 0.6) is 0 Å². The molecule has 2 atom stereocenters. The van der Waals surface area contributed by atoms with Crippen LogP contribution in [-0.4, -0.2) is 42.8 Å². The molecule has 4 aromatic rings. The number of hydrogen-bond acceptors (Lipinski definition) is 6. The maximum absolute atomic E-state index is 14.0. The molecule has 0 unspecified atom stereocenters. The van der Waals surface area contributed by atoms with Gasteiger partial charge in [0.2, 0.25) is 0 Å². The molecule has 1 fully saturated rings. The summed E-state index contributed by atoms with van der Waals surface area (Å²) in [7, 11) is 0. The van der Waals surface area contributed by atoms with E-state index in [4.69, 9.17) is 16.6 Å². The lowest BCUT2D eigenvalue weighted by atomic mass is 9.89. The molecule has 0 radical (unpaired) electrons. The molecule has 2 aliphatic heterocycles. The van der Waals surface area contributed by atoms with Gasteiger partial charge in [-0.25, -0.2) is 14.1 Å². The average Bonchev–Trinajstić information content (AvgIpc) is 3.69. The first kappa shape index (κ1) is 26.7. The Kier molecular flexibility index (Phi) is 7.24. The SMILES string of the molecule is O[C@@]1(CCCc2ccccc2)CC2=C(c3ccn(C(F)F)n3)[C@H](c3ccc(F)cc3Cl)N=C(c3nccs3)N2C1. The van der Waals surface area contributed by atoms with E-state index < -0.39 is 24.0 Å². The Balaban J connectivity index is 1.44. The number of thiazole rings is 1. The van der Waals surface area contributed by atoms with Crippen LogP contribution in [0.1, 0.15) is 53.7 Å². The van der Waals surface area contributed by atoms with E-state index in [1.807, 2.05) is 28.5 Å². The van der Waals surface area contributed by atoms with E-state index in [-0.39, 0.29) is 18.0 Å². The second-order valence-corrected chi connectivity index (χ2v) is 11.3. The van der Waals surface area contributed by atoms with Crippen LogP contribution in [0.2, 0.25) is 5.02 Å². The Hall–Kier alpha value is -3.47. The number of rotatable bonds is 8. The van der Waals surface area contributed by atoms with Gasteiger partial charge < -0.3 is 10.0 Å². The van der Waals surface area contributed by atoms with Gasteiger partial charge in [0.1, 0.15) is 11.9 Å². The smallest absolute Gasteiger partial charge is 0.333 e. The summed E-state index contributed by atoms with van der Waals surface area (Å²) in [6.45, 7) is -2.56. The highest BCUT2D eigenvalue weighted by Gasteiger charge is 2.46. The molecule has 0 bridgehead atoms. The molecule has 11 heteroatoms. The minimum absolute atomic E-state index is 0.156. The first-order valence-corrected chi connectivity index (χ1v) is 14.1. The third-order valence-electron chi connectivity index (χ3n) is 7.28. The van der Waals surface area contributed by atoms with Crippen molar-refractivity contribution in [3.63, 3.8) is 0 Å². The van der Waals surface area contributed by atoms with Gasteiger partial charge in [-0.05, 0) is 43.0 Å². The van der Waals surface area contributed by atoms with Crippen molar-refractivity contribution in [1.29, 1.82) is 0 Å². The minimum atomic E-state index is -2.82. The van der Waals surface area contributed by atoms with Crippen LogP contribution in [0, 0.1) is 5.82 Å². The van der Waals surface area contributed by atoms with Crippen LogP contribution in [-0.2, 0) is 6.42 Å². The molecule has 0 saturated carbocycles. The van der Waals surface area contributed by atoms with Gasteiger partial charge in [-0.2, -0.15) is 13.9 Å². The maximum Gasteiger partial charge on any atom is 0.333 e. The van der Waals surface area contributed by atoms with E-state index in [0.717, 1.165) is 12.8 Å². The van der Waals surface area contributed by atoms with E-state index in [1.165, 1.54) is 41.3 Å². The molecule has 0 aliphatic carbocycles. The quantitative estimate of drug-likeness (QED) is 0.245. The number of hydrogen-bond donors (Lipinski definition) is 1. The molecule has 1 N–H and O–H groups in total. The van der Waals surface area contributed by atoms with Crippen molar-refractivity contribution in [1.82, 2.24) is 19.7 Å². The zero-order valence-electron chi connectivity index (χ0n) is 21.2. The average molecular weight is 584 g/mol. The van der Waals surface area contributed by atoms with Crippen molar-refractivity contribution >= 4 is 34.3 Å². The summed E-state index contributed by atoms with van der Waals surface area (Å²) in [5, 5.41) is 18.6. The third-order valence-corrected chi connectivity index (χ3v) is 8.38. The van der Waals surface area contributed by atoms with Gasteiger partial charge in [0.05, 0.1) is 17.8 Å². The molecule has 6 rings (SSSR count). The van der Waals surface area contributed by atoms with Crippen molar-refractivity contribution in [2.75, 3.05) is 6.54 Å². The summed E-state index contributed by atoms with van der Waals surface area (Å²) < 4.78 is 41.6. The highest BCUT2D eigenvalue weighted by Crippen LogP contribution is 2.48. The lowest BCUT2D eigenvalue weighted by Crippen LogP contribution is -2.38. The maximum atomic E-state index is 14.0. The van der Waals surface area contributed by atoms with Crippen molar-refractivity contribution < 1.29 is 18.3 Å². The molecular formula is C29H25ClF3N5OS. The Morgan fingerprint density at radius 2 is 1.98 bits per heavy atom. The summed E-state index contributed by atoms with van der Waals surface area (Å²) in [5.41, 5.74) is 2.15. The van der Waals surface area contributed by atoms with Gasteiger partial charge in [-0.15, -0.1) is 11.3 Å². The normalized spacial score (nSPS) is 20.8. The van der Waals surface area contributed by atoms with Crippen molar-refractivity contribution in [2.45, 2.75) is 43.9 Å². The molecule has 4 heterocycles. The first-order chi connectivity index (χ1) is 19.3. The minimum Gasteiger partial charge on any atom is -0.388 e. The van der Waals surface area contributed by atoms with Gasteiger partial charge in [0.25, 0.3) is 0 Å². The Morgan fingerprint density at radius 3 is 2.67 bits per heavy atom. The van der Waals surface area contributed by atoms with E-state index in [0.29, 0.717) is 44.5 Å². The summed E-state index contributed by atoms with van der Waals surface area (Å²) in [5.74, 6) is 0.0477. The fourth-order valence-corrected chi connectivity index (χ4v) is 6.39. The van der Waals surface area contributed by atoms with Crippen molar-refractivity contribution in [3.8, 4) is 0 Å². The van der Waals surface area contributed by atoms with Crippen LogP contribution >= 0.6 is 22.9 Å². The summed E-state index contributed by atoms with van der Waals surface area (Å²) >= 11 is 7.92. The zero-order valence-corrected chi connectivity index (χ0v) is 22.8. The van der Waals surface area contributed by atoms with E-state index in [1.54, 1.807) is 12.3 Å². The summed E-state index contributed by atoms with van der Waals surface area (Å²) in [6.07, 6.45) is 5.24. The van der Waals surface area contributed by atoms with Crippen LogP contribution < -0.4 is 0 Å². The fourth-order valence-electron chi connectivity index (χ4n) is 5.48. The molecule has 0 amide bonds. The van der Waals surface area contributed by atoms with E-state index in [9.17, 15) is 18.3 Å². The summed E-state index contributed by atoms with van der Waals surface area (Å²) in [4.78, 5) is 11.4. The number of nitrogens with zero attached hydrogens (tertiary/aromatic N) is 5. The molecular weight excluding hydrogens is 559 g/mol. The number of benzene rings is 2. The van der Waals surface area contributed by atoms with Crippen LogP contribution in [0.25, 0.3) is 5.57 Å². The van der Waals surface area contributed by atoms with E-state index in [2.05, 4.69) is 22.2 Å². The number of aliphatic hydroxyl groups is 1. The monoisotopic (exact) mass is 583 g/mol. The molecule has 6 nitrogen and oxygen atoms in total. The number of halogens is 4. The number of aryl methyl sites for hydroxylation is 1. The predicted molar refractivity (Wildman–Crippen MR) is 149 cm³/mol. The van der Waals surface area contributed by atoms with Crippen LogP contribution in [0.4, 0.5) is 13.2 Å². The number of aromatic nitrogens is 3. The molecule has 0 spiro atoms. The topological polar surface area (TPSA) is 66.5 Å². The number of aliphatic imine (C=N–C) groups is 1. The van der Waals surface area contributed by atoms with Crippen molar-refractivity contribution in [3.05, 3.63) is 111 Å². The number of fused-ring (bicyclic) bond motifs is 1. The van der Waals surface area contributed by atoms with Crippen LogP contribution in [0.15, 0.2) is 83.1 Å². The second-order valence-electron chi connectivity index (χ2n) is 10.0. The molecule has 40 heavy (non-hydrogen) atoms. The highest BCUT2D eigenvalue weighted by atomic mass is 35.5. The Bertz CT molecular complexity index is 1570. The Morgan fingerprint density at radius 1 is 1.15 bits per heavy atom. The lowest BCUT2D eigenvalue weighted by Gasteiger charge is -2.32. The van der Waals surface area contributed by atoms with Gasteiger partial charge in [0.15, 0.2) is 10.8 Å². The zero-order chi connectivity index (χ0) is 27.9. The predicted octanol–water partition coefficient (Wildman–Crippen LogP) is 6.90. The number of alkyl halides is 2. The van der Waals surface area contributed by atoms with Gasteiger partial charge in [-0.3, -0.25) is 4.99 Å².